The molecule has 25 heavy (non-hydrogen) atoms. The zero-order valence-corrected chi connectivity index (χ0v) is 15.1. The molecular weight excluding hydrogens is 336 g/mol. The van der Waals surface area contributed by atoms with Crippen LogP contribution in [0.15, 0.2) is 22.6 Å². The fourth-order valence-corrected chi connectivity index (χ4v) is 4.42. The molecule has 2 heterocycles. The molecule has 0 fully saturated rings. The van der Waals surface area contributed by atoms with Gasteiger partial charge in [-0.25, -0.2) is 0 Å². The number of carbonyl (C=O) groups is 2. The smallest absolute Gasteiger partial charge is 0.251 e. The molecule has 2 aromatic rings. The van der Waals surface area contributed by atoms with Crippen molar-refractivity contribution in [1.82, 2.24) is 0 Å². The summed E-state index contributed by atoms with van der Waals surface area (Å²) in [6.07, 6.45) is 9.33. The molecule has 0 unspecified atom stereocenters. The topological polar surface area (TPSA) is 85.3 Å². The maximum Gasteiger partial charge on any atom is 0.251 e. The molecule has 3 rings (SSSR count). The highest BCUT2D eigenvalue weighted by atomic mass is 32.1. The summed E-state index contributed by atoms with van der Waals surface area (Å²) >= 11 is 1.48. The molecule has 3 N–H and O–H groups in total. The largest absolute Gasteiger partial charge is 0.462 e. The summed E-state index contributed by atoms with van der Waals surface area (Å²) in [5.74, 6) is 0.625. The number of fused-ring (bicyclic) bond motifs is 1. The lowest BCUT2D eigenvalue weighted by Crippen LogP contribution is -2.17. The molecule has 2 amide bonds. The Morgan fingerprint density at radius 1 is 1.20 bits per heavy atom. The first kappa shape index (κ1) is 17.5. The quantitative estimate of drug-likeness (QED) is 0.808. The molecule has 0 aromatic carbocycles. The number of thiophene rings is 1. The van der Waals surface area contributed by atoms with Gasteiger partial charge in [-0.05, 0) is 56.4 Å². The van der Waals surface area contributed by atoms with Gasteiger partial charge in [-0.1, -0.05) is 12.8 Å². The van der Waals surface area contributed by atoms with Gasteiger partial charge in [0.15, 0.2) is 0 Å². The van der Waals surface area contributed by atoms with Gasteiger partial charge in [0, 0.05) is 11.0 Å². The van der Waals surface area contributed by atoms with Crippen LogP contribution in [0.1, 0.15) is 58.0 Å². The second-order valence-corrected chi connectivity index (χ2v) is 7.36. The Bertz CT molecular complexity index is 817. The molecule has 5 nitrogen and oxygen atoms in total. The number of rotatable bonds is 4. The highest BCUT2D eigenvalue weighted by Gasteiger charge is 2.23. The Kier molecular flexibility index (Phi) is 5.38. The number of furan rings is 1. The number of anilines is 1. The second kappa shape index (κ2) is 7.70. The van der Waals surface area contributed by atoms with Crippen molar-refractivity contribution in [1.29, 1.82) is 0 Å². The minimum absolute atomic E-state index is 0.300. The van der Waals surface area contributed by atoms with E-state index in [4.69, 9.17) is 10.2 Å². The van der Waals surface area contributed by atoms with Gasteiger partial charge in [0.25, 0.3) is 5.91 Å². The van der Waals surface area contributed by atoms with E-state index in [0.717, 1.165) is 37.0 Å². The molecule has 1 aliphatic carbocycles. The van der Waals surface area contributed by atoms with E-state index in [9.17, 15) is 9.59 Å². The second-order valence-electron chi connectivity index (χ2n) is 6.26. The molecule has 1 aliphatic rings. The zero-order valence-electron chi connectivity index (χ0n) is 14.3. The molecule has 0 saturated carbocycles. The minimum atomic E-state index is -0.473. The Morgan fingerprint density at radius 2 is 1.96 bits per heavy atom. The van der Waals surface area contributed by atoms with Crippen molar-refractivity contribution in [2.45, 2.75) is 45.4 Å². The molecular formula is C19H22N2O3S. The Labute approximate surface area is 150 Å². The Morgan fingerprint density at radius 3 is 2.64 bits per heavy atom. The molecule has 0 bridgehead atoms. The van der Waals surface area contributed by atoms with Crippen LogP contribution in [0.5, 0.6) is 0 Å². The van der Waals surface area contributed by atoms with Gasteiger partial charge in [-0.15, -0.1) is 11.3 Å². The number of hydrogen-bond acceptors (Lipinski definition) is 4. The molecule has 132 valence electrons. The normalized spacial score (nSPS) is 14.8. The van der Waals surface area contributed by atoms with Crippen LogP contribution < -0.4 is 11.1 Å². The first-order valence-corrected chi connectivity index (χ1v) is 9.36. The van der Waals surface area contributed by atoms with Gasteiger partial charge in [0.05, 0.1) is 5.56 Å². The number of aryl methyl sites for hydroxylation is 2. The maximum absolute atomic E-state index is 12.2. The highest BCUT2D eigenvalue weighted by molar-refractivity contribution is 7.17. The van der Waals surface area contributed by atoms with Crippen LogP contribution >= 0.6 is 11.3 Å². The summed E-state index contributed by atoms with van der Waals surface area (Å²) in [5.41, 5.74) is 7.11. The molecule has 6 heteroatoms. The average molecular weight is 358 g/mol. The van der Waals surface area contributed by atoms with Crippen molar-refractivity contribution < 1.29 is 14.0 Å². The Hall–Kier alpha value is -2.34. The van der Waals surface area contributed by atoms with Crippen molar-refractivity contribution in [2.75, 3.05) is 5.32 Å². The summed E-state index contributed by atoms with van der Waals surface area (Å²) in [6, 6.07) is 3.63. The monoisotopic (exact) mass is 358 g/mol. The van der Waals surface area contributed by atoms with Crippen molar-refractivity contribution in [2.24, 2.45) is 5.73 Å². The predicted molar refractivity (Wildman–Crippen MR) is 99.8 cm³/mol. The lowest BCUT2D eigenvalue weighted by Gasteiger charge is -2.10. The molecule has 0 radical (unpaired) electrons. The minimum Gasteiger partial charge on any atom is -0.462 e. The number of hydrogen-bond donors (Lipinski definition) is 2. The maximum atomic E-state index is 12.2. The van der Waals surface area contributed by atoms with Crippen LogP contribution in [-0.4, -0.2) is 11.8 Å². The SMILES string of the molecule is Cc1ccc(C=CC(=O)Nc2sc3c(c2C(N)=O)CCCCCC3)o1. The van der Waals surface area contributed by atoms with Crippen molar-refractivity contribution >= 4 is 34.2 Å². The molecule has 0 atom stereocenters. The van der Waals surface area contributed by atoms with Crippen LogP contribution in [0.25, 0.3) is 6.08 Å². The summed E-state index contributed by atoms with van der Waals surface area (Å²) in [7, 11) is 0. The van der Waals surface area contributed by atoms with Crippen LogP contribution in [0.3, 0.4) is 0 Å². The van der Waals surface area contributed by atoms with Gasteiger partial charge in [-0.2, -0.15) is 0 Å². The summed E-state index contributed by atoms with van der Waals surface area (Å²) in [6.45, 7) is 1.85. The third-order valence-corrected chi connectivity index (χ3v) is 5.52. The summed E-state index contributed by atoms with van der Waals surface area (Å²) in [4.78, 5) is 25.4. The molecule has 0 saturated heterocycles. The predicted octanol–water partition coefficient (Wildman–Crippen LogP) is 4.06. The van der Waals surface area contributed by atoms with Crippen molar-refractivity contribution in [3.8, 4) is 0 Å². The molecule has 0 spiro atoms. The van der Waals surface area contributed by atoms with E-state index in [1.807, 2.05) is 13.0 Å². The highest BCUT2D eigenvalue weighted by Crippen LogP contribution is 2.36. The van der Waals surface area contributed by atoms with Gasteiger partial charge in [-0.3, -0.25) is 9.59 Å². The van der Waals surface area contributed by atoms with E-state index in [2.05, 4.69) is 5.32 Å². The van der Waals surface area contributed by atoms with Crippen molar-refractivity contribution in [3.63, 3.8) is 0 Å². The number of carbonyl (C=O) groups excluding carboxylic acids is 2. The van der Waals surface area contributed by atoms with Crippen LogP contribution in [0, 0.1) is 6.92 Å². The third kappa shape index (κ3) is 4.20. The first-order chi connectivity index (χ1) is 12.0. The Balaban J connectivity index is 1.81. The summed E-state index contributed by atoms with van der Waals surface area (Å²) < 4.78 is 5.40. The molecule has 2 aromatic heterocycles. The van der Waals surface area contributed by atoms with E-state index < -0.39 is 5.91 Å². The van der Waals surface area contributed by atoms with Gasteiger partial charge in [0.2, 0.25) is 5.91 Å². The fraction of sp³-hybridized carbons (Fsp3) is 0.368. The standard InChI is InChI=1S/C19H22N2O3S/c1-12-8-9-13(24-12)10-11-16(22)21-19-17(18(20)23)14-6-4-2-3-5-7-15(14)25-19/h8-11H,2-7H2,1H3,(H2,20,23)(H,21,22). The van der Waals surface area contributed by atoms with E-state index in [-0.39, 0.29) is 5.91 Å². The van der Waals surface area contributed by atoms with E-state index in [0.29, 0.717) is 16.3 Å². The van der Waals surface area contributed by atoms with Crippen molar-refractivity contribution in [3.05, 3.63) is 45.7 Å². The molecule has 0 aliphatic heterocycles. The van der Waals surface area contributed by atoms with E-state index in [1.165, 1.54) is 35.1 Å². The van der Waals surface area contributed by atoms with Crippen LogP contribution in [0.2, 0.25) is 0 Å². The lowest BCUT2D eigenvalue weighted by molar-refractivity contribution is -0.111. The van der Waals surface area contributed by atoms with E-state index >= 15 is 0 Å². The van der Waals surface area contributed by atoms with Crippen LogP contribution in [-0.2, 0) is 17.6 Å². The van der Waals surface area contributed by atoms with Gasteiger partial charge in [0.1, 0.15) is 16.5 Å². The number of nitrogens with two attached hydrogens (primary N) is 1. The average Bonchev–Trinajstić information content (AvgIpc) is 3.09. The summed E-state index contributed by atoms with van der Waals surface area (Å²) in [5, 5.41) is 3.38. The number of nitrogens with one attached hydrogen (secondary N) is 1. The van der Waals surface area contributed by atoms with E-state index in [1.54, 1.807) is 12.1 Å². The number of primary amides is 1. The van der Waals surface area contributed by atoms with Gasteiger partial charge < -0.3 is 15.5 Å². The first-order valence-electron chi connectivity index (χ1n) is 8.54. The number of amides is 2. The third-order valence-electron chi connectivity index (χ3n) is 4.31. The van der Waals surface area contributed by atoms with Crippen LogP contribution in [0.4, 0.5) is 5.00 Å². The fourth-order valence-electron chi connectivity index (χ4n) is 3.12. The lowest BCUT2D eigenvalue weighted by atomic mass is 9.96. The van der Waals surface area contributed by atoms with Gasteiger partial charge >= 0.3 is 0 Å². The zero-order chi connectivity index (χ0) is 17.8.